The van der Waals surface area contributed by atoms with Gasteiger partial charge in [-0.2, -0.15) is 0 Å². The molecule has 3 N–H and O–H groups in total. The fourth-order valence-electron chi connectivity index (χ4n) is 0.893. The lowest BCUT2D eigenvalue weighted by Gasteiger charge is -2.21. The van der Waals surface area contributed by atoms with E-state index < -0.39 is 0 Å². The second-order valence-corrected chi connectivity index (χ2v) is 3.00. The Labute approximate surface area is 62.8 Å². The van der Waals surface area contributed by atoms with E-state index in [9.17, 15) is 0 Å². The van der Waals surface area contributed by atoms with Gasteiger partial charge >= 0.3 is 0 Å². The van der Waals surface area contributed by atoms with Crippen LogP contribution in [0.4, 0.5) is 0 Å². The van der Waals surface area contributed by atoms with E-state index in [0.717, 1.165) is 6.54 Å². The summed E-state index contributed by atoms with van der Waals surface area (Å²) in [6.45, 7) is 3.19. The van der Waals surface area contributed by atoms with Gasteiger partial charge in [-0.25, -0.2) is 0 Å². The van der Waals surface area contributed by atoms with Gasteiger partial charge < -0.3 is 15.7 Å². The van der Waals surface area contributed by atoms with Gasteiger partial charge in [-0.15, -0.1) is 0 Å². The van der Waals surface area contributed by atoms with E-state index in [1.807, 2.05) is 19.0 Å². The Bertz CT molecular complexity index is 83.7. The Balaban J connectivity index is 3.60. The second-order valence-electron chi connectivity index (χ2n) is 3.00. The zero-order chi connectivity index (χ0) is 8.15. The quantitative estimate of drug-likeness (QED) is 0.562. The van der Waals surface area contributed by atoms with E-state index in [2.05, 4.69) is 0 Å². The van der Waals surface area contributed by atoms with Crippen molar-refractivity contribution in [1.29, 1.82) is 0 Å². The number of nitrogens with zero attached hydrogens (tertiary/aromatic N) is 1. The normalized spacial score (nSPS) is 17.4. The third kappa shape index (κ3) is 3.82. The van der Waals surface area contributed by atoms with Gasteiger partial charge in [-0.05, 0) is 27.6 Å². The van der Waals surface area contributed by atoms with E-state index in [1.54, 1.807) is 6.92 Å². The molecule has 3 heteroatoms. The van der Waals surface area contributed by atoms with Crippen molar-refractivity contribution in [3.63, 3.8) is 0 Å². The van der Waals surface area contributed by atoms with Crippen molar-refractivity contribution in [2.24, 2.45) is 11.7 Å². The molecule has 0 rings (SSSR count). The Morgan fingerprint density at radius 3 is 2.10 bits per heavy atom. The molecule has 0 saturated heterocycles. The van der Waals surface area contributed by atoms with Gasteiger partial charge in [-0.1, -0.05) is 0 Å². The zero-order valence-electron chi connectivity index (χ0n) is 7.04. The fraction of sp³-hybridized carbons (Fsp3) is 1.00. The van der Waals surface area contributed by atoms with Gasteiger partial charge in [-0.3, -0.25) is 0 Å². The van der Waals surface area contributed by atoms with Crippen molar-refractivity contribution in [2.75, 3.05) is 27.2 Å². The molecule has 0 radical (unpaired) electrons. The van der Waals surface area contributed by atoms with Gasteiger partial charge in [0, 0.05) is 12.5 Å². The minimum Gasteiger partial charge on any atom is -0.393 e. The standard InChI is InChI=1S/C7H18N2O/c1-6(10)7(4-8)5-9(2)3/h6-7,10H,4-5,8H2,1-3H3. The van der Waals surface area contributed by atoms with Crippen LogP contribution in [0.5, 0.6) is 0 Å². The van der Waals surface area contributed by atoms with Gasteiger partial charge in [0.15, 0.2) is 0 Å². The van der Waals surface area contributed by atoms with E-state index >= 15 is 0 Å². The maximum absolute atomic E-state index is 9.15. The van der Waals surface area contributed by atoms with Crippen LogP contribution < -0.4 is 5.73 Å². The molecule has 62 valence electrons. The van der Waals surface area contributed by atoms with E-state index in [1.165, 1.54) is 0 Å². The average molecular weight is 146 g/mol. The molecule has 0 amide bonds. The lowest BCUT2D eigenvalue weighted by Crippen LogP contribution is -2.34. The molecule has 0 aliphatic heterocycles. The summed E-state index contributed by atoms with van der Waals surface area (Å²) in [5.74, 6) is 0.204. The summed E-state index contributed by atoms with van der Waals surface area (Å²) >= 11 is 0. The van der Waals surface area contributed by atoms with Crippen LogP contribution in [0.15, 0.2) is 0 Å². The highest BCUT2D eigenvalue weighted by Gasteiger charge is 2.12. The highest BCUT2D eigenvalue weighted by molar-refractivity contribution is 4.67. The zero-order valence-corrected chi connectivity index (χ0v) is 7.04. The molecule has 0 saturated carbocycles. The Hall–Kier alpha value is -0.120. The van der Waals surface area contributed by atoms with Crippen molar-refractivity contribution in [2.45, 2.75) is 13.0 Å². The number of hydrogen-bond donors (Lipinski definition) is 2. The van der Waals surface area contributed by atoms with E-state index in [0.29, 0.717) is 6.54 Å². The molecule has 0 aromatic carbocycles. The minimum absolute atomic E-state index is 0.204. The lowest BCUT2D eigenvalue weighted by atomic mass is 10.0. The second kappa shape index (κ2) is 4.66. The molecular formula is C7H18N2O. The number of aliphatic hydroxyl groups excluding tert-OH is 1. The van der Waals surface area contributed by atoms with Crippen LogP contribution in [-0.4, -0.2) is 43.3 Å². The van der Waals surface area contributed by atoms with E-state index in [-0.39, 0.29) is 12.0 Å². The van der Waals surface area contributed by atoms with E-state index in [4.69, 9.17) is 10.8 Å². The predicted molar refractivity (Wildman–Crippen MR) is 42.8 cm³/mol. The number of nitrogens with two attached hydrogens (primary N) is 1. The first-order chi connectivity index (χ1) is 4.57. The summed E-state index contributed by atoms with van der Waals surface area (Å²) < 4.78 is 0. The van der Waals surface area contributed by atoms with Crippen LogP contribution >= 0.6 is 0 Å². The monoisotopic (exact) mass is 146 g/mol. The van der Waals surface area contributed by atoms with Crippen molar-refractivity contribution in [3.05, 3.63) is 0 Å². The summed E-state index contributed by atoms with van der Waals surface area (Å²) in [5, 5.41) is 9.15. The smallest absolute Gasteiger partial charge is 0.0564 e. The number of rotatable bonds is 4. The summed E-state index contributed by atoms with van der Waals surface area (Å²) in [7, 11) is 3.95. The van der Waals surface area contributed by atoms with Gasteiger partial charge in [0.05, 0.1) is 6.10 Å². The molecular weight excluding hydrogens is 128 g/mol. The Morgan fingerprint density at radius 1 is 1.50 bits per heavy atom. The van der Waals surface area contributed by atoms with Crippen LogP contribution in [0.2, 0.25) is 0 Å². The van der Waals surface area contributed by atoms with Crippen molar-refractivity contribution >= 4 is 0 Å². The maximum Gasteiger partial charge on any atom is 0.0564 e. The van der Waals surface area contributed by atoms with Crippen molar-refractivity contribution in [3.8, 4) is 0 Å². The molecule has 10 heavy (non-hydrogen) atoms. The molecule has 0 spiro atoms. The SMILES string of the molecule is CC(O)C(CN)CN(C)C. The molecule has 0 aliphatic carbocycles. The summed E-state index contributed by atoms with van der Waals surface area (Å²) in [6, 6.07) is 0. The largest absolute Gasteiger partial charge is 0.393 e. The first kappa shape index (κ1) is 9.88. The predicted octanol–water partition coefficient (Wildman–Crippen LogP) is -0.496. The van der Waals surface area contributed by atoms with Crippen LogP contribution in [0.1, 0.15) is 6.92 Å². The van der Waals surface area contributed by atoms with Crippen LogP contribution in [-0.2, 0) is 0 Å². The van der Waals surface area contributed by atoms with Gasteiger partial charge in [0.25, 0.3) is 0 Å². The summed E-state index contributed by atoms with van der Waals surface area (Å²) in [6.07, 6.45) is -0.299. The Morgan fingerprint density at radius 2 is 2.00 bits per heavy atom. The van der Waals surface area contributed by atoms with Crippen molar-refractivity contribution in [1.82, 2.24) is 4.90 Å². The van der Waals surface area contributed by atoms with Crippen LogP contribution in [0.3, 0.4) is 0 Å². The van der Waals surface area contributed by atoms with Crippen LogP contribution in [0.25, 0.3) is 0 Å². The average Bonchev–Trinajstić information content (AvgIpc) is 1.81. The molecule has 2 atom stereocenters. The lowest BCUT2D eigenvalue weighted by molar-refractivity contribution is 0.111. The molecule has 0 bridgehead atoms. The van der Waals surface area contributed by atoms with Gasteiger partial charge in [0.2, 0.25) is 0 Å². The topological polar surface area (TPSA) is 49.5 Å². The minimum atomic E-state index is -0.299. The van der Waals surface area contributed by atoms with Crippen molar-refractivity contribution < 1.29 is 5.11 Å². The van der Waals surface area contributed by atoms with Gasteiger partial charge in [0.1, 0.15) is 0 Å². The summed E-state index contributed by atoms with van der Waals surface area (Å²) in [5.41, 5.74) is 5.44. The maximum atomic E-state index is 9.15. The number of hydrogen-bond acceptors (Lipinski definition) is 3. The highest BCUT2D eigenvalue weighted by atomic mass is 16.3. The number of aliphatic hydroxyl groups is 1. The molecule has 0 fully saturated rings. The molecule has 0 heterocycles. The fourth-order valence-corrected chi connectivity index (χ4v) is 0.893. The Kier molecular flexibility index (Phi) is 4.60. The first-order valence-electron chi connectivity index (χ1n) is 3.60. The van der Waals surface area contributed by atoms with Crippen LogP contribution in [0, 0.1) is 5.92 Å². The molecule has 2 unspecified atom stereocenters. The summed E-state index contributed by atoms with van der Waals surface area (Å²) in [4.78, 5) is 2.03. The molecule has 0 aromatic heterocycles. The third-order valence-electron chi connectivity index (χ3n) is 1.58. The molecule has 0 aromatic rings. The molecule has 0 aliphatic rings. The molecule has 3 nitrogen and oxygen atoms in total. The third-order valence-corrected chi connectivity index (χ3v) is 1.58. The highest BCUT2D eigenvalue weighted by Crippen LogP contribution is 2.01. The first-order valence-corrected chi connectivity index (χ1v) is 3.60.